The molecule has 0 saturated heterocycles. The van der Waals surface area contributed by atoms with Gasteiger partial charge in [0.05, 0.1) is 7.11 Å². The number of hydrogen-bond donors (Lipinski definition) is 2. The smallest absolute Gasteiger partial charge is 0.249 e. The maximum Gasteiger partial charge on any atom is 0.249 e. The molecule has 2 N–H and O–H groups in total. The molecule has 2 amide bonds. The van der Waals surface area contributed by atoms with Crippen LogP contribution in [0.3, 0.4) is 0 Å². The number of carbonyl (C=O) groups is 2. The monoisotopic (exact) mass is 393 g/mol. The Morgan fingerprint density at radius 1 is 1.03 bits per heavy atom. The van der Waals surface area contributed by atoms with Gasteiger partial charge in [0.2, 0.25) is 11.8 Å². The summed E-state index contributed by atoms with van der Waals surface area (Å²) < 4.78 is 6.61. The van der Waals surface area contributed by atoms with Gasteiger partial charge in [0.15, 0.2) is 0 Å². The van der Waals surface area contributed by atoms with Crippen LogP contribution in [0.2, 0.25) is 0 Å². The van der Waals surface area contributed by atoms with Crippen LogP contribution in [-0.4, -0.2) is 33.7 Å². The van der Waals surface area contributed by atoms with Crippen LogP contribution in [0, 0.1) is 0 Å². The molecule has 1 atom stereocenters. The van der Waals surface area contributed by atoms with Crippen LogP contribution >= 0.6 is 0 Å². The zero-order valence-corrected chi connectivity index (χ0v) is 16.3. The first kappa shape index (κ1) is 20.1. The van der Waals surface area contributed by atoms with Gasteiger partial charge in [-0.3, -0.25) is 9.59 Å². The van der Waals surface area contributed by atoms with Gasteiger partial charge in [0.1, 0.15) is 24.4 Å². The summed E-state index contributed by atoms with van der Waals surface area (Å²) in [6.07, 6.45) is 3.90. The first-order valence-corrected chi connectivity index (χ1v) is 9.23. The third-order valence-electron chi connectivity index (χ3n) is 4.45. The Bertz CT molecular complexity index is 937. The Kier molecular flexibility index (Phi) is 6.57. The van der Waals surface area contributed by atoms with E-state index < -0.39 is 6.04 Å². The number of anilines is 2. The van der Waals surface area contributed by atoms with E-state index >= 15 is 0 Å². The molecule has 1 aromatic heterocycles. The summed E-state index contributed by atoms with van der Waals surface area (Å²) in [6.45, 7) is 1.74. The van der Waals surface area contributed by atoms with Crippen molar-refractivity contribution in [1.82, 2.24) is 14.8 Å². The summed E-state index contributed by atoms with van der Waals surface area (Å²) >= 11 is 0. The Morgan fingerprint density at radius 2 is 1.69 bits per heavy atom. The lowest BCUT2D eigenvalue weighted by Crippen LogP contribution is -2.24. The van der Waals surface area contributed by atoms with E-state index in [4.69, 9.17) is 4.74 Å². The Hall–Kier alpha value is -3.68. The lowest BCUT2D eigenvalue weighted by atomic mass is 10.1. The number of nitrogens with one attached hydrogen (secondary N) is 2. The standard InChI is InChI=1S/C21H23N5O3/c1-15(26-14-22-13-23-26)21(28)25-18-8-6-17(7-9-18)24-20(27)12-5-16-3-10-19(29-2)11-4-16/h3-4,6-11,13-15H,5,12H2,1-2H3,(H,24,27)(H,25,28). The Morgan fingerprint density at radius 3 is 2.28 bits per heavy atom. The minimum atomic E-state index is -0.477. The van der Waals surface area contributed by atoms with Crippen molar-refractivity contribution in [3.8, 4) is 5.75 Å². The fourth-order valence-corrected chi connectivity index (χ4v) is 2.69. The van der Waals surface area contributed by atoms with Crippen molar-refractivity contribution < 1.29 is 14.3 Å². The van der Waals surface area contributed by atoms with Gasteiger partial charge in [0, 0.05) is 17.8 Å². The Balaban J connectivity index is 1.48. The van der Waals surface area contributed by atoms with Crippen LogP contribution in [0.4, 0.5) is 11.4 Å². The fourth-order valence-electron chi connectivity index (χ4n) is 2.69. The van der Waals surface area contributed by atoms with E-state index in [0.29, 0.717) is 24.2 Å². The molecule has 1 heterocycles. The van der Waals surface area contributed by atoms with Crippen LogP contribution in [0.5, 0.6) is 5.75 Å². The van der Waals surface area contributed by atoms with E-state index in [2.05, 4.69) is 20.7 Å². The van der Waals surface area contributed by atoms with E-state index in [0.717, 1.165) is 11.3 Å². The van der Waals surface area contributed by atoms with Crippen molar-refractivity contribution in [2.75, 3.05) is 17.7 Å². The molecule has 3 rings (SSSR count). The predicted octanol–water partition coefficient (Wildman–Crippen LogP) is 3.06. The minimum Gasteiger partial charge on any atom is -0.497 e. The molecule has 0 radical (unpaired) electrons. The molecule has 0 spiro atoms. The molecule has 0 fully saturated rings. The van der Waals surface area contributed by atoms with Crippen molar-refractivity contribution in [3.63, 3.8) is 0 Å². The van der Waals surface area contributed by atoms with Gasteiger partial charge in [-0.2, -0.15) is 5.10 Å². The number of benzene rings is 2. The molecule has 0 aliphatic carbocycles. The SMILES string of the molecule is COc1ccc(CCC(=O)Nc2ccc(NC(=O)C(C)n3cncn3)cc2)cc1. The number of nitrogens with zero attached hydrogens (tertiary/aromatic N) is 3. The first-order chi connectivity index (χ1) is 14.0. The first-order valence-electron chi connectivity index (χ1n) is 9.23. The fraction of sp³-hybridized carbons (Fsp3) is 0.238. The third-order valence-corrected chi connectivity index (χ3v) is 4.45. The molecule has 0 aliphatic rings. The highest BCUT2D eigenvalue weighted by Gasteiger charge is 2.15. The van der Waals surface area contributed by atoms with Gasteiger partial charge in [-0.15, -0.1) is 0 Å². The second-order valence-corrected chi connectivity index (χ2v) is 6.51. The zero-order chi connectivity index (χ0) is 20.6. The molecule has 3 aromatic rings. The van der Waals surface area contributed by atoms with Crippen LogP contribution in [-0.2, 0) is 16.0 Å². The summed E-state index contributed by atoms with van der Waals surface area (Å²) in [5.41, 5.74) is 2.38. The van der Waals surface area contributed by atoms with Gasteiger partial charge < -0.3 is 15.4 Å². The van der Waals surface area contributed by atoms with Crippen LogP contribution in [0.25, 0.3) is 0 Å². The van der Waals surface area contributed by atoms with Crippen LogP contribution in [0.15, 0.2) is 61.2 Å². The molecular weight excluding hydrogens is 370 g/mol. The maximum absolute atomic E-state index is 12.3. The van der Waals surface area contributed by atoms with Crippen LogP contribution in [0.1, 0.15) is 24.9 Å². The lowest BCUT2D eigenvalue weighted by molar-refractivity contribution is -0.119. The van der Waals surface area contributed by atoms with Crippen molar-refractivity contribution in [2.45, 2.75) is 25.8 Å². The summed E-state index contributed by atoms with van der Waals surface area (Å²) in [4.78, 5) is 28.3. The number of ether oxygens (including phenoxy) is 1. The maximum atomic E-state index is 12.3. The van der Waals surface area contributed by atoms with Crippen molar-refractivity contribution in [2.24, 2.45) is 0 Å². The van der Waals surface area contributed by atoms with E-state index in [1.54, 1.807) is 38.3 Å². The van der Waals surface area contributed by atoms with E-state index in [1.807, 2.05) is 24.3 Å². The summed E-state index contributed by atoms with van der Waals surface area (Å²) in [6, 6.07) is 14.2. The molecule has 0 aliphatic heterocycles. The van der Waals surface area contributed by atoms with Gasteiger partial charge in [-0.1, -0.05) is 12.1 Å². The topological polar surface area (TPSA) is 98.1 Å². The minimum absolute atomic E-state index is 0.0718. The largest absolute Gasteiger partial charge is 0.497 e. The van der Waals surface area contributed by atoms with Crippen molar-refractivity contribution in [3.05, 3.63) is 66.7 Å². The van der Waals surface area contributed by atoms with Gasteiger partial charge >= 0.3 is 0 Å². The van der Waals surface area contributed by atoms with Crippen molar-refractivity contribution in [1.29, 1.82) is 0 Å². The second-order valence-electron chi connectivity index (χ2n) is 6.51. The number of aryl methyl sites for hydroxylation is 1. The predicted molar refractivity (Wildman–Crippen MR) is 110 cm³/mol. The highest BCUT2D eigenvalue weighted by molar-refractivity contribution is 5.94. The number of aromatic nitrogens is 3. The van der Waals surface area contributed by atoms with E-state index in [1.165, 1.54) is 17.3 Å². The highest BCUT2D eigenvalue weighted by atomic mass is 16.5. The van der Waals surface area contributed by atoms with Crippen LogP contribution < -0.4 is 15.4 Å². The molecule has 8 nitrogen and oxygen atoms in total. The van der Waals surface area contributed by atoms with Gasteiger partial charge in [-0.05, 0) is 55.3 Å². The summed E-state index contributed by atoms with van der Waals surface area (Å²) in [7, 11) is 1.62. The average Bonchev–Trinajstić information content (AvgIpc) is 3.28. The summed E-state index contributed by atoms with van der Waals surface area (Å²) in [5, 5.41) is 9.64. The molecule has 1 unspecified atom stereocenters. The molecule has 150 valence electrons. The normalized spacial score (nSPS) is 11.5. The lowest BCUT2D eigenvalue weighted by Gasteiger charge is -2.12. The molecule has 29 heavy (non-hydrogen) atoms. The average molecular weight is 393 g/mol. The Labute approximate surface area is 168 Å². The van der Waals surface area contributed by atoms with E-state index in [9.17, 15) is 9.59 Å². The number of carbonyl (C=O) groups excluding carboxylic acids is 2. The number of rotatable bonds is 8. The second kappa shape index (κ2) is 9.50. The van der Waals surface area contributed by atoms with Crippen molar-refractivity contribution >= 4 is 23.2 Å². The van der Waals surface area contributed by atoms with E-state index in [-0.39, 0.29) is 11.8 Å². The highest BCUT2D eigenvalue weighted by Crippen LogP contribution is 2.17. The molecule has 0 bridgehead atoms. The molecular formula is C21H23N5O3. The third kappa shape index (κ3) is 5.65. The molecule has 8 heteroatoms. The van der Waals surface area contributed by atoms with Gasteiger partial charge in [-0.25, -0.2) is 9.67 Å². The number of methoxy groups -OCH3 is 1. The molecule has 0 saturated carbocycles. The zero-order valence-electron chi connectivity index (χ0n) is 16.3. The quantitative estimate of drug-likeness (QED) is 0.613. The molecule has 2 aromatic carbocycles. The number of hydrogen-bond acceptors (Lipinski definition) is 5. The number of amides is 2. The van der Waals surface area contributed by atoms with Gasteiger partial charge in [0.25, 0.3) is 0 Å². The summed E-state index contributed by atoms with van der Waals surface area (Å²) in [5.74, 6) is 0.519.